The van der Waals surface area contributed by atoms with Gasteiger partial charge in [0, 0.05) is 24.2 Å². The van der Waals surface area contributed by atoms with Gasteiger partial charge in [0.05, 0.1) is 11.6 Å². The fourth-order valence-electron chi connectivity index (χ4n) is 2.67. The highest BCUT2D eigenvalue weighted by atomic mass is 16.5. The summed E-state index contributed by atoms with van der Waals surface area (Å²) in [5.74, 6) is -0.178. The number of fused-ring (bicyclic) bond motifs is 1. The van der Waals surface area contributed by atoms with Crippen molar-refractivity contribution in [3.05, 3.63) is 23.9 Å². The molecule has 21 heavy (non-hydrogen) atoms. The molecule has 1 aliphatic rings. The van der Waals surface area contributed by atoms with E-state index in [1.807, 2.05) is 6.07 Å². The number of hydrogen-bond donors (Lipinski definition) is 3. The van der Waals surface area contributed by atoms with Crippen LogP contribution in [0.25, 0.3) is 10.9 Å². The molecule has 3 rings (SSSR count). The molecule has 2 aromatic rings. The Morgan fingerprint density at radius 3 is 3.19 bits per heavy atom. The van der Waals surface area contributed by atoms with Crippen molar-refractivity contribution >= 4 is 22.5 Å². The zero-order valence-electron chi connectivity index (χ0n) is 11.9. The third-order valence-corrected chi connectivity index (χ3v) is 3.83. The number of carbonyl (C=O) groups excluding carboxylic acids is 1. The molecule has 1 aromatic heterocycles. The van der Waals surface area contributed by atoms with Gasteiger partial charge in [-0.15, -0.1) is 0 Å². The van der Waals surface area contributed by atoms with E-state index in [1.165, 1.54) is 6.42 Å². The second kappa shape index (κ2) is 6.13. The van der Waals surface area contributed by atoms with Gasteiger partial charge in [0.2, 0.25) is 0 Å². The predicted molar refractivity (Wildman–Crippen MR) is 81.0 cm³/mol. The van der Waals surface area contributed by atoms with Gasteiger partial charge in [0.25, 0.3) is 5.91 Å². The molecular formula is C15H20N4O2. The molecule has 6 nitrogen and oxygen atoms in total. The number of aromatic amines is 1. The van der Waals surface area contributed by atoms with Gasteiger partial charge in [-0.2, -0.15) is 5.10 Å². The number of benzene rings is 1. The molecule has 2 heterocycles. The van der Waals surface area contributed by atoms with Crippen molar-refractivity contribution in [2.45, 2.75) is 31.8 Å². The molecule has 112 valence electrons. The molecule has 0 saturated carbocycles. The first-order valence-corrected chi connectivity index (χ1v) is 7.37. The SMILES string of the molecule is Nc1ccc2[nH]nc(C(=O)NCCC3CCCCO3)c2c1. The van der Waals surface area contributed by atoms with Crippen molar-refractivity contribution < 1.29 is 9.53 Å². The van der Waals surface area contributed by atoms with Crippen LogP contribution >= 0.6 is 0 Å². The summed E-state index contributed by atoms with van der Waals surface area (Å²) in [6.45, 7) is 1.43. The van der Waals surface area contributed by atoms with E-state index < -0.39 is 0 Å². The van der Waals surface area contributed by atoms with Gasteiger partial charge in [-0.25, -0.2) is 0 Å². The molecule has 1 aromatic carbocycles. The normalized spacial score (nSPS) is 18.8. The highest BCUT2D eigenvalue weighted by Gasteiger charge is 2.16. The fourth-order valence-corrected chi connectivity index (χ4v) is 2.67. The number of aromatic nitrogens is 2. The van der Waals surface area contributed by atoms with Crippen LogP contribution in [0.15, 0.2) is 18.2 Å². The number of hydrogen-bond acceptors (Lipinski definition) is 4. The maximum Gasteiger partial charge on any atom is 0.272 e. The van der Waals surface area contributed by atoms with E-state index in [-0.39, 0.29) is 12.0 Å². The lowest BCUT2D eigenvalue weighted by atomic mass is 10.1. The predicted octanol–water partition coefficient (Wildman–Crippen LogP) is 1.83. The number of nitrogens with two attached hydrogens (primary N) is 1. The Bertz CT molecular complexity index is 632. The molecule has 1 unspecified atom stereocenters. The highest BCUT2D eigenvalue weighted by Crippen LogP contribution is 2.19. The number of rotatable bonds is 4. The van der Waals surface area contributed by atoms with Crippen molar-refractivity contribution in [2.24, 2.45) is 0 Å². The third-order valence-electron chi connectivity index (χ3n) is 3.83. The quantitative estimate of drug-likeness (QED) is 0.748. The molecule has 1 amide bonds. The summed E-state index contributed by atoms with van der Waals surface area (Å²) < 4.78 is 5.65. The average Bonchev–Trinajstić information content (AvgIpc) is 2.91. The maximum absolute atomic E-state index is 12.2. The maximum atomic E-state index is 12.2. The minimum atomic E-state index is -0.178. The lowest BCUT2D eigenvalue weighted by molar-refractivity contribution is 0.0117. The van der Waals surface area contributed by atoms with Gasteiger partial charge in [-0.1, -0.05) is 0 Å². The summed E-state index contributed by atoms with van der Waals surface area (Å²) >= 11 is 0. The van der Waals surface area contributed by atoms with Crippen LogP contribution in [-0.2, 0) is 4.74 Å². The molecule has 4 N–H and O–H groups in total. The first-order valence-electron chi connectivity index (χ1n) is 7.37. The van der Waals surface area contributed by atoms with Gasteiger partial charge < -0.3 is 15.8 Å². The Morgan fingerprint density at radius 1 is 1.48 bits per heavy atom. The number of H-pyrrole nitrogens is 1. The molecule has 1 aliphatic heterocycles. The molecule has 0 radical (unpaired) electrons. The second-order valence-corrected chi connectivity index (χ2v) is 5.41. The van der Waals surface area contributed by atoms with E-state index in [0.717, 1.165) is 36.8 Å². The monoisotopic (exact) mass is 288 g/mol. The van der Waals surface area contributed by atoms with E-state index in [2.05, 4.69) is 15.5 Å². The first-order chi connectivity index (χ1) is 10.2. The molecule has 1 saturated heterocycles. The Hall–Kier alpha value is -2.08. The number of nitrogens with one attached hydrogen (secondary N) is 2. The van der Waals surface area contributed by atoms with E-state index in [1.54, 1.807) is 12.1 Å². The molecule has 0 spiro atoms. The highest BCUT2D eigenvalue weighted by molar-refractivity contribution is 6.05. The van der Waals surface area contributed by atoms with Crippen molar-refractivity contribution in [1.82, 2.24) is 15.5 Å². The van der Waals surface area contributed by atoms with Gasteiger partial charge in [0.1, 0.15) is 0 Å². The van der Waals surface area contributed by atoms with E-state index in [9.17, 15) is 4.79 Å². The second-order valence-electron chi connectivity index (χ2n) is 5.41. The summed E-state index contributed by atoms with van der Waals surface area (Å²) in [6.07, 6.45) is 4.55. The zero-order chi connectivity index (χ0) is 14.7. The summed E-state index contributed by atoms with van der Waals surface area (Å²) in [5, 5.41) is 10.6. The van der Waals surface area contributed by atoms with Crippen LogP contribution in [0.1, 0.15) is 36.2 Å². The lowest BCUT2D eigenvalue weighted by Gasteiger charge is -2.22. The van der Waals surface area contributed by atoms with Crippen molar-refractivity contribution in [1.29, 1.82) is 0 Å². The van der Waals surface area contributed by atoms with Crippen molar-refractivity contribution in [3.8, 4) is 0 Å². The van der Waals surface area contributed by atoms with E-state index >= 15 is 0 Å². The average molecular weight is 288 g/mol. The van der Waals surface area contributed by atoms with Gasteiger partial charge in [-0.3, -0.25) is 9.89 Å². The fraction of sp³-hybridized carbons (Fsp3) is 0.467. The minimum Gasteiger partial charge on any atom is -0.399 e. The minimum absolute atomic E-state index is 0.178. The Morgan fingerprint density at radius 2 is 2.38 bits per heavy atom. The summed E-state index contributed by atoms with van der Waals surface area (Å²) in [5.41, 5.74) is 7.58. The smallest absolute Gasteiger partial charge is 0.272 e. The third kappa shape index (κ3) is 3.16. The van der Waals surface area contributed by atoms with Crippen LogP contribution in [0.3, 0.4) is 0 Å². The van der Waals surface area contributed by atoms with Crippen LogP contribution in [0.4, 0.5) is 5.69 Å². The number of nitrogens with zero attached hydrogens (tertiary/aromatic N) is 1. The van der Waals surface area contributed by atoms with E-state index in [4.69, 9.17) is 10.5 Å². The zero-order valence-corrected chi connectivity index (χ0v) is 11.9. The number of amides is 1. The topological polar surface area (TPSA) is 93.0 Å². The van der Waals surface area contributed by atoms with Gasteiger partial charge in [0.15, 0.2) is 5.69 Å². The Balaban J connectivity index is 1.60. The molecular weight excluding hydrogens is 268 g/mol. The van der Waals surface area contributed by atoms with Crippen LogP contribution in [-0.4, -0.2) is 35.4 Å². The van der Waals surface area contributed by atoms with Crippen LogP contribution in [0.2, 0.25) is 0 Å². The number of carbonyl (C=O) groups is 1. The Labute approximate surface area is 123 Å². The van der Waals surface area contributed by atoms with Crippen LogP contribution in [0.5, 0.6) is 0 Å². The Kier molecular flexibility index (Phi) is 4.06. The standard InChI is InChI=1S/C15H20N4O2/c16-10-4-5-13-12(9-10)14(19-18-13)15(20)17-7-6-11-3-1-2-8-21-11/h4-5,9,11H,1-3,6-8,16H2,(H,17,20)(H,18,19). The van der Waals surface area contributed by atoms with Gasteiger partial charge >= 0.3 is 0 Å². The first kappa shape index (κ1) is 13.9. The lowest BCUT2D eigenvalue weighted by Crippen LogP contribution is -2.29. The number of nitrogen functional groups attached to an aromatic ring is 1. The molecule has 0 bridgehead atoms. The molecule has 6 heteroatoms. The summed E-state index contributed by atoms with van der Waals surface area (Å²) in [4.78, 5) is 12.2. The number of anilines is 1. The molecule has 1 fully saturated rings. The van der Waals surface area contributed by atoms with Gasteiger partial charge in [-0.05, 0) is 43.9 Å². The van der Waals surface area contributed by atoms with Crippen LogP contribution < -0.4 is 11.1 Å². The molecule has 1 atom stereocenters. The van der Waals surface area contributed by atoms with Crippen molar-refractivity contribution in [2.75, 3.05) is 18.9 Å². The largest absolute Gasteiger partial charge is 0.399 e. The summed E-state index contributed by atoms with van der Waals surface area (Å²) in [7, 11) is 0. The summed E-state index contributed by atoms with van der Waals surface area (Å²) in [6, 6.07) is 5.37. The molecule has 0 aliphatic carbocycles. The van der Waals surface area contributed by atoms with Crippen molar-refractivity contribution in [3.63, 3.8) is 0 Å². The number of ether oxygens (including phenoxy) is 1. The van der Waals surface area contributed by atoms with E-state index in [0.29, 0.717) is 17.9 Å². The van der Waals surface area contributed by atoms with Crippen LogP contribution in [0, 0.1) is 0 Å².